The van der Waals surface area contributed by atoms with Gasteiger partial charge in [-0.25, -0.2) is 0 Å². The molecule has 0 unspecified atom stereocenters. The summed E-state index contributed by atoms with van der Waals surface area (Å²) in [6.07, 6.45) is 6.08. The Balaban J connectivity index is 1.27. The van der Waals surface area contributed by atoms with Gasteiger partial charge in [0.1, 0.15) is 0 Å². The van der Waals surface area contributed by atoms with Crippen LogP contribution in [0.25, 0.3) is 10.9 Å². The normalized spacial score (nSPS) is 11.0. The van der Waals surface area contributed by atoms with Crippen LogP contribution in [-0.2, 0) is 17.8 Å². The third kappa shape index (κ3) is 4.26. The maximum atomic E-state index is 12.2. The van der Waals surface area contributed by atoms with Crippen LogP contribution in [0.15, 0.2) is 73.1 Å². The standard InChI is InChI=1S/C22H22N4O/c27-22(12-6-9-18-15-23-20-11-5-4-10-19(18)20)24-21-13-14-26(25-21)16-17-7-2-1-3-8-17/h1-5,7-8,10-11,13-15,23H,6,9,12,16H2,(H,24,25,27). The van der Waals surface area contributed by atoms with Crippen molar-refractivity contribution in [2.75, 3.05) is 5.32 Å². The number of amides is 1. The van der Waals surface area contributed by atoms with Gasteiger partial charge in [-0.2, -0.15) is 5.10 Å². The zero-order chi connectivity index (χ0) is 18.5. The second kappa shape index (κ2) is 7.91. The number of anilines is 1. The molecule has 2 heterocycles. The smallest absolute Gasteiger partial charge is 0.225 e. The largest absolute Gasteiger partial charge is 0.361 e. The van der Waals surface area contributed by atoms with Crippen LogP contribution in [0.1, 0.15) is 24.0 Å². The summed E-state index contributed by atoms with van der Waals surface area (Å²) in [5.41, 5.74) is 3.57. The molecule has 0 fully saturated rings. The number of aromatic nitrogens is 3. The average molecular weight is 358 g/mol. The first-order chi connectivity index (χ1) is 13.3. The topological polar surface area (TPSA) is 62.7 Å². The van der Waals surface area contributed by atoms with Crippen molar-refractivity contribution in [1.82, 2.24) is 14.8 Å². The highest BCUT2D eigenvalue weighted by Crippen LogP contribution is 2.19. The number of aromatic amines is 1. The van der Waals surface area contributed by atoms with E-state index in [1.807, 2.05) is 53.5 Å². The Morgan fingerprint density at radius 3 is 2.74 bits per heavy atom. The Kier molecular flexibility index (Phi) is 5.01. The Labute approximate surface area is 158 Å². The maximum absolute atomic E-state index is 12.2. The maximum Gasteiger partial charge on any atom is 0.225 e. The van der Waals surface area contributed by atoms with Gasteiger partial charge in [-0.05, 0) is 30.0 Å². The molecule has 1 amide bonds. The molecule has 0 aliphatic heterocycles. The Morgan fingerprint density at radius 1 is 1.04 bits per heavy atom. The van der Waals surface area contributed by atoms with Crippen LogP contribution in [-0.4, -0.2) is 20.7 Å². The number of fused-ring (bicyclic) bond motifs is 1. The summed E-state index contributed by atoms with van der Waals surface area (Å²) in [6.45, 7) is 0.692. The molecule has 0 saturated heterocycles. The number of aryl methyl sites for hydroxylation is 1. The van der Waals surface area contributed by atoms with Crippen molar-refractivity contribution < 1.29 is 4.79 Å². The molecular weight excluding hydrogens is 336 g/mol. The lowest BCUT2D eigenvalue weighted by molar-refractivity contribution is -0.116. The minimum atomic E-state index is -0.000183. The van der Waals surface area contributed by atoms with Crippen LogP contribution in [0.5, 0.6) is 0 Å². The Hall–Kier alpha value is -3.34. The molecule has 4 rings (SSSR count). The molecule has 136 valence electrons. The second-order valence-corrected chi connectivity index (χ2v) is 6.65. The molecule has 0 aliphatic carbocycles. The first-order valence-electron chi connectivity index (χ1n) is 9.20. The van der Waals surface area contributed by atoms with E-state index in [0.29, 0.717) is 18.8 Å². The number of rotatable bonds is 7. The predicted octanol–water partition coefficient (Wildman–Crippen LogP) is 4.37. The molecule has 0 bridgehead atoms. The van der Waals surface area contributed by atoms with E-state index in [1.165, 1.54) is 16.5 Å². The molecule has 0 aliphatic rings. The van der Waals surface area contributed by atoms with E-state index in [0.717, 1.165) is 18.4 Å². The number of para-hydroxylation sites is 1. The molecule has 4 aromatic rings. The van der Waals surface area contributed by atoms with Crippen LogP contribution < -0.4 is 5.32 Å². The van der Waals surface area contributed by atoms with Crippen molar-refractivity contribution in [3.63, 3.8) is 0 Å². The van der Waals surface area contributed by atoms with Crippen LogP contribution in [0.3, 0.4) is 0 Å². The summed E-state index contributed by atoms with van der Waals surface area (Å²) >= 11 is 0. The molecule has 5 heteroatoms. The van der Waals surface area contributed by atoms with Crippen molar-refractivity contribution in [2.24, 2.45) is 0 Å². The molecule has 0 spiro atoms. The van der Waals surface area contributed by atoms with Gasteiger partial charge in [0, 0.05) is 35.8 Å². The van der Waals surface area contributed by atoms with Gasteiger partial charge < -0.3 is 10.3 Å². The van der Waals surface area contributed by atoms with Crippen LogP contribution in [0, 0.1) is 0 Å². The van der Waals surface area contributed by atoms with Crippen LogP contribution in [0.4, 0.5) is 5.82 Å². The summed E-state index contributed by atoms with van der Waals surface area (Å²) in [7, 11) is 0. The van der Waals surface area contributed by atoms with Gasteiger partial charge in [-0.1, -0.05) is 48.5 Å². The number of hydrogen-bond donors (Lipinski definition) is 2. The molecule has 27 heavy (non-hydrogen) atoms. The number of nitrogens with one attached hydrogen (secondary N) is 2. The lowest BCUT2D eigenvalue weighted by Gasteiger charge is -2.03. The average Bonchev–Trinajstić information content (AvgIpc) is 3.30. The van der Waals surface area contributed by atoms with Gasteiger partial charge in [-0.15, -0.1) is 0 Å². The van der Waals surface area contributed by atoms with Crippen LogP contribution in [0.2, 0.25) is 0 Å². The third-order valence-corrected chi connectivity index (χ3v) is 4.62. The van der Waals surface area contributed by atoms with E-state index in [4.69, 9.17) is 0 Å². The number of nitrogens with zero attached hydrogens (tertiary/aromatic N) is 2. The number of carbonyl (C=O) groups is 1. The number of H-pyrrole nitrogens is 1. The predicted molar refractivity (Wildman–Crippen MR) is 108 cm³/mol. The first kappa shape index (κ1) is 17.1. The van der Waals surface area contributed by atoms with Gasteiger partial charge in [0.25, 0.3) is 0 Å². The van der Waals surface area contributed by atoms with Crippen LogP contribution >= 0.6 is 0 Å². The summed E-state index contributed by atoms with van der Waals surface area (Å²) < 4.78 is 1.83. The quantitative estimate of drug-likeness (QED) is 0.515. The Morgan fingerprint density at radius 2 is 1.85 bits per heavy atom. The molecule has 0 radical (unpaired) electrons. The fourth-order valence-electron chi connectivity index (χ4n) is 3.27. The van der Waals surface area contributed by atoms with E-state index in [-0.39, 0.29) is 5.91 Å². The summed E-state index contributed by atoms with van der Waals surface area (Å²) in [6, 6.07) is 20.2. The summed E-state index contributed by atoms with van der Waals surface area (Å²) in [4.78, 5) is 15.5. The molecule has 2 aromatic carbocycles. The first-order valence-corrected chi connectivity index (χ1v) is 9.20. The minimum Gasteiger partial charge on any atom is -0.361 e. The lowest BCUT2D eigenvalue weighted by Crippen LogP contribution is -2.12. The van der Waals surface area contributed by atoms with Gasteiger partial charge >= 0.3 is 0 Å². The molecule has 2 N–H and O–H groups in total. The van der Waals surface area contributed by atoms with E-state index in [9.17, 15) is 4.79 Å². The fourth-order valence-corrected chi connectivity index (χ4v) is 3.27. The SMILES string of the molecule is O=C(CCCc1c[nH]c2ccccc12)Nc1ccn(Cc2ccccc2)n1. The highest BCUT2D eigenvalue weighted by Gasteiger charge is 2.07. The van der Waals surface area contributed by atoms with Crippen molar-refractivity contribution in [1.29, 1.82) is 0 Å². The molecule has 2 aromatic heterocycles. The third-order valence-electron chi connectivity index (χ3n) is 4.62. The van der Waals surface area contributed by atoms with Crippen molar-refractivity contribution in [2.45, 2.75) is 25.8 Å². The van der Waals surface area contributed by atoms with Gasteiger partial charge in [0.2, 0.25) is 5.91 Å². The van der Waals surface area contributed by atoms with Gasteiger partial charge in [0.15, 0.2) is 5.82 Å². The van der Waals surface area contributed by atoms with E-state index in [1.54, 1.807) is 0 Å². The van der Waals surface area contributed by atoms with E-state index < -0.39 is 0 Å². The highest BCUT2D eigenvalue weighted by molar-refractivity contribution is 5.89. The molecule has 5 nitrogen and oxygen atoms in total. The number of hydrogen-bond acceptors (Lipinski definition) is 2. The van der Waals surface area contributed by atoms with E-state index >= 15 is 0 Å². The number of benzene rings is 2. The monoisotopic (exact) mass is 358 g/mol. The summed E-state index contributed by atoms with van der Waals surface area (Å²) in [5, 5.41) is 8.54. The number of carbonyl (C=O) groups excluding carboxylic acids is 1. The second-order valence-electron chi connectivity index (χ2n) is 6.65. The van der Waals surface area contributed by atoms with Gasteiger partial charge in [0.05, 0.1) is 6.54 Å². The zero-order valence-electron chi connectivity index (χ0n) is 15.1. The molecule has 0 saturated carbocycles. The van der Waals surface area contributed by atoms with Crippen molar-refractivity contribution in [3.05, 3.63) is 84.2 Å². The molecule has 0 atom stereocenters. The minimum absolute atomic E-state index is 0.000183. The van der Waals surface area contributed by atoms with Crippen molar-refractivity contribution >= 4 is 22.6 Å². The fraction of sp³-hybridized carbons (Fsp3) is 0.182. The summed E-state index contributed by atoms with van der Waals surface area (Å²) in [5.74, 6) is 0.600. The van der Waals surface area contributed by atoms with Crippen molar-refractivity contribution in [3.8, 4) is 0 Å². The van der Waals surface area contributed by atoms with E-state index in [2.05, 4.69) is 39.7 Å². The zero-order valence-corrected chi connectivity index (χ0v) is 15.1. The van der Waals surface area contributed by atoms with Gasteiger partial charge in [-0.3, -0.25) is 9.48 Å². The highest BCUT2D eigenvalue weighted by atomic mass is 16.1. The Bertz CT molecular complexity index is 1030. The molecular formula is C22H22N4O. The lowest BCUT2D eigenvalue weighted by atomic mass is 10.1.